The van der Waals surface area contributed by atoms with Crippen LogP contribution in [-0.2, 0) is 13.0 Å². The van der Waals surface area contributed by atoms with Crippen LogP contribution in [-0.4, -0.2) is 47.4 Å². The monoisotopic (exact) mass is 286 g/mol. The molecule has 0 amide bonds. The van der Waals surface area contributed by atoms with Crippen LogP contribution in [0.2, 0.25) is 5.02 Å². The third-order valence-corrected chi connectivity index (χ3v) is 4.70. The molecule has 1 N–H and O–H groups in total. The van der Waals surface area contributed by atoms with E-state index in [1.54, 1.807) is 0 Å². The van der Waals surface area contributed by atoms with Gasteiger partial charge in [0.25, 0.3) is 0 Å². The zero-order chi connectivity index (χ0) is 14.8. The van der Waals surface area contributed by atoms with Crippen molar-refractivity contribution in [3.63, 3.8) is 0 Å². The van der Waals surface area contributed by atoms with Crippen LogP contribution >= 0.6 is 11.6 Å². The zero-order valence-corrected chi connectivity index (χ0v) is 14.0. The Morgan fingerprint density at radius 1 is 1.42 bits per heavy atom. The molecule has 0 saturated heterocycles. The first-order chi connectivity index (χ1) is 8.75. The molecule has 19 heavy (non-hydrogen) atoms. The Kier molecular flexibility index (Phi) is 5.42. The molecule has 0 aliphatic heterocycles. The second kappa shape index (κ2) is 6.25. The van der Waals surface area contributed by atoms with Crippen molar-refractivity contribution < 1.29 is 0 Å². The first kappa shape index (κ1) is 16.5. The number of nitrogens with one attached hydrogen (secondary N) is 1. The summed E-state index contributed by atoms with van der Waals surface area (Å²) >= 11 is 6.40. The van der Waals surface area contributed by atoms with Gasteiger partial charge in [-0.3, -0.25) is 4.68 Å². The van der Waals surface area contributed by atoms with E-state index in [0.717, 1.165) is 29.4 Å². The van der Waals surface area contributed by atoms with E-state index in [2.05, 4.69) is 50.2 Å². The number of likely N-dealkylation sites (N-methyl/N-ethyl adjacent to an activating group) is 2. The van der Waals surface area contributed by atoms with Gasteiger partial charge in [0.05, 0.1) is 16.4 Å². The van der Waals surface area contributed by atoms with Crippen LogP contribution in [0, 0.1) is 6.92 Å². The molecular formula is C14H27ClN4. The number of hydrogen-bond donors (Lipinski definition) is 1. The van der Waals surface area contributed by atoms with Gasteiger partial charge in [-0.25, -0.2) is 0 Å². The highest BCUT2D eigenvalue weighted by molar-refractivity contribution is 6.31. The molecule has 1 rings (SSSR count). The van der Waals surface area contributed by atoms with Gasteiger partial charge in [-0.1, -0.05) is 11.6 Å². The average molecular weight is 287 g/mol. The minimum absolute atomic E-state index is 0.0365. The molecule has 1 unspecified atom stereocenters. The molecule has 0 saturated carbocycles. The van der Waals surface area contributed by atoms with Gasteiger partial charge in [0.15, 0.2) is 0 Å². The molecule has 0 aliphatic carbocycles. The average Bonchev–Trinajstić information content (AvgIpc) is 2.62. The van der Waals surface area contributed by atoms with Gasteiger partial charge >= 0.3 is 0 Å². The Labute approximate surface area is 122 Å². The number of hydrogen-bond acceptors (Lipinski definition) is 3. The first-order valence-corrected chi connectivity index (χ1v) is 7.19. The number of aromatic nitrogens is 2. The summed E-state index contributed by atoms with van der Waals surface area (Å²) < 4.78 is 2.01. The van der Waals surface area contributed by atoms with Crippen LogP contribution in [0.25, 0.3) is 0 Å². The fraction of sp³-hybridized carbons (Fsp3) is 0.786. The molecule has 0 aliphatic rings. The summed E-state index contributed by atoms with van der Waals surface area (Å²) in [5.41, 5.74) is 2.07. The zero-order valence-electron chi connectivity index (χ0n) is 13.2. The number of rotatable bonds is 6. The van der Waals surface area contributed by atoms with Crippen molar-refractivity contribution in [1.82, 2.24) is 20.0 Å². The Morgan fingerprint density at radius 2 is 2.00 bits per heavy atom. The molecule has 0 fully saturated rings. The maximum Gasteiger partial charge on any atom is 0.0847 e. The highest BCUT2D eigenvalue weighted by atomic mass is 35.5. The van der Waals surface area contributed by atoms with Gasteiger partial charge in [0.2, 0.25) is 0 Å². The molecule has 110 valence electrons. The summed E-state index contributed by atoms with van der Waals surface area (Å²) in [6.07, 6.45) is 0.870. The molecule has 0 radical (unpaired) electrons. The molecule has 1 aromatic heterocycles. The van der Waals surface area contributed by atoms with E-state index in [0.29, 0.717) is 6.04 Å². The van der Waals surface area contributed by atoms with E-state index in [-0.39, 0.29) is 5.54 Å². The summed E-state index contributed by atoms with van der Waals surface area (Å²) in [4.78, 5) is 2.24. The van der Waals surface area contributed by atoms with Crippen molar-refractivity contribution in [1.29, 1.82) is 0 Å². The molecule has 5 heteroatoms. The maximum absolute atomic E-state index is 6.40. The van der Waals surface area contributed by atoms with Crippen LogP contribution in [0.15, 0.2) is 0 Å². The summed E-state index contributed by atoms with van der Waals surface area (Å²) in [6, 6.07) is 0.307. The van der Waals surface area contributed by atoms with Crippen molar-refractivity contribution in [3.8, 4) is 0 Å². The Bertz CT molecular complexity index is 423. The Morgan fingerprint density at radius 3 is 2.42 bits per heavy atom. The van der Waals surface area contributed by atoms with Crippen LogP contribution < -0.4 is 5.32 Å². The lowest BCUT2D eigenvalue weighted by atomic mass is 9.89. The molecule has 0 bridgehead atoms. The predicted molar refractivity (Wildman–Crippen MR) is 82.0 cm³/mol. The topological polar surface area (TPSA) is 33.1 Å². The van der Waals surface area contributed by atoms with E-state index in [4.69, 9.17) is 11.6 Å². The molecule has 1 heterocycles. The third kappa shape index (κ3) is 3.30. The fourth-order valence-corrected chi connectivity index (χ4v) is 2.49. The van der Waals surface area contributed by atoms with Crippen molar-refractivity contribution in [3.05, 3.63) is 16.4 Å². The van der Waals surface area contributed by atoms with Gasteiger partial charge < -0.3 is 10.2 Å². The van der Waals surface area contributed by atoms with E-state index in [1.165, 1.54) is 0 Å². The number of aryl methyl sites for hydroxylation is 2. The van der Waals surface area contributed by atoms with Crippen LogP contribution in [0.5, 0.6) is 0 Å². The molecule has 1 aromatic rings. The normalized spacial score (nSPS) is 14.2. The smallest absolute Gasteiger partial charge is 0.0847 e. The van der Waals surface area contributed by atoms with E-state index in [9.17, 15) is 0 Å². The SMILES string of the molecule is CCn1nc(C)c(Cl)c1CC(NC)C(C)(C)N(C)C. The van der Waals surface area contributed by atoms with Gasteiger partial charge in [0, 0.05) is 24.5 Å². The van der Waals surface area contributed by atoms with Gasteiger partial charge in [-0.05, 0) is 48.8 Å². The van der Waals surface area contributed by atoms with Crippen molar-refractivity contribution in [2.45, 2.75) is 52.2 Å². The lowest BCUT2D eigenvalue weighted by Crippen LogP contribution is -2.55. The fourth-order valence-electron chi connectivity index (χ4n) is 2.27. The standard InChI is InChI=1S/C14H27ClN4/c1-8-19-11(13(15)10(2)17-19)9-12(16-5)14(3,4)18(6)7/h12,16H,8-9H2,1-7H3. The van der Waals surface area contributed by atoms with E-state index < -0.39 is 0 Å². The molecule has 0 spiro atoms. The minimum atomic E-state index is 0.0365. The van der Waals surface area contributed by atoms with Gasteiger partial charge in [0.1, 0.15) is 0 Å². The summed E-state index contributed by atoms with van der Waals surface area (Å²) in [6.45, 7) is 9.38. The van der Waals surface area contributed by atoms with E-state index in [1.807, 2.05) is 18.7 Å². The second-order valence-corrected chi connectivity index (χ2v) is 6.13. The lowest BCUT2D eigenvalue weighted by Gasteiger charge is -2.40. The molecule has 0 aromatic carbocycles. The summed E-state index contributed by atoms with van der Waals surface area (Å²) in [7, 11) is 6.21. The van der Waals surface area contributed by atoms with Crippen LogP contribution in [0.3, 0.4) is 0 Å². The minimum Gasteiger partial charge on any atom is -0.315 e. The number of nitrogens with zero attached hydrogens (tertiary/aromatic N) is 3. The molecule has 1 atom stereocenters. The van der Waals surface area contributed by atoms with Crippen molar-refractivity contribution in [2.75, 3.05) is 21.1 Å². The Balaban J connectivity index is 3.06. The Hall–Kier alpha value is -0.580. The largest absolute Gasteiger partial charge is 0.315 e. The summed E-state index contributed by atoms with van der Waals surface area (Å²) in [5, 5.41) is 8.71. The van der Waals surface area contributed by atoms with Crippen LogP contribution in [0.1, 0.15) is 32.2 Å². The predicted octanol–water partition coefficient (Wildman–Crippen LogP) is 2.34. The van der Waals surface area contributed by atoms with Gasteiger partial charge in [-0.15, -0.1) is 0 Å². The third-order valence-electron chi connectivity index (χ3n) is 4.20. The molecular weight excluding hydrogens is 260 g/mol. The van der Waals surface area contributed by atoms with Crippen molar-refractivity contribution in [2.24, 2.45) is 0 Å². The van der Waals surface area contributed by atoms with E-state index >= 15 is 0 Å². The highest BCUT2D eigenvalue weighted by Gasteiger charge is 2.32. The quantitative estimate of drug-likeness (QED) is 0.871. The van der Waals surface area contributed by atoms with Crippen LogP contribution in [0.4, 0.5) is 0 Å². The number of halogens is 1. The highest BCUT2D eigenvalue weighted by Crippen LogP contribution is 2.25. The maximum atomic E-state index is 6.40. The molecule has 4 nitrogen and oxygen atoms in total. The lowest BCUT2D eigenvalue weighted by molar-refractivity contribution is 0.140. The van der Waals surface area contributed by atoms with Gasteiger partial charge in [-0.2, -0.15) is 5.10 Å². The second-order valence-electron chi connectivity index (χ2n) is 5.76. The van der Waals surface area contributed by atoms with Crippen molar-refractivity contribution >= 4 is 11.6 Å². The first-order valence-electron chi connectivity index (χ1n) is 6.82. The summed E-state index contributed by atoms with van der Waals surface area (Å²) in [5.74, 6) is 0.